The fourth-order valence-electron chi connectivity index (χ4n) is 4.15. The smallest absolute Gasteiger partial charge is 0.178 e. The van der Waals surface area contributed by atoms with E-state index in [0.29, 0.717) is 67.5 Å². The van der Waals surface area contributed by atoms with Crippen LogP contribution in [0.15, 0.2) is 41.3 Å². The van der Waals surface area contributed by atoms with E-state index in [-0.39, 0.29) is 11.7 Å². The molecule has 0 radical (unpaired) electrons. The molecule has 3 rings (SSSR count). The molecular weight excluding hydrogens is 511 g/mol. The highest BCUT2D eigenvalue weighted by molar-refractivity contribution is 7.91. The van der Waals surface area contributed by atoms with E-state index in [1.54, 1.807) is 24.3 Å². The molecule has 0 bridgehead atoms. The zero-order valence-electron chi connectivity index (χ0n) is 20.0. The number of likely N-dealkylation sites (N-methyl/N-ethyl adjacent to an activating group) is 1. The molecule has 0 unspecified atom stereocenters. The first-order valence-electron chi connectivity index (χ1n) is 11.7. The van der Waals surface area contributed by atoms with Crippen molar-refractivity contribution in [2.45, 2.75) is 23.8 Å². The minimum atomic E-state index is -3.44. The van der Waals surface area contributed by atoms with Crippen LogP contribution in [-0.2, 0) is 30.6 Å². The van der Waals surface area contributed by atoms with E-state index in [1.165, 1.54) is 0 Å². The molecule has 2 N–H and O–H groups in total. The van der Waals surface area contributed by atoms with Gasteiger partial charge in [-0.2, -0.15) is 0 Å². The standard InChI is InChI=1S/C25H34Cl2N2O5S/c1-29-17-23(22-15-20(26)16-25(27)24(22)18-29)19-4-2-5-21(14-19)35(30,31)13-3-7-32-9-11-34-12-10-33-8-6-28/h2,4-5,14-16,23H,3,6-13,17-18,28H2,1H3/t23-/m1/s1. The molecular formula is C25H34Cl2N2O5S. The van der Waals surface area contributed by atoms with Gasteiger partial charge in [0, 0.05) is 42.2 Å². The molecule has 1 atom stereocenters. The van der Waals surface area contributed by atoms with Crippen LogP contribution >= 0.6 is 23.2 Å². The molecule has 1 aliphatic rings. The van der Waals surface area contributed by atoms with Crippen LogP contribution in [0.4, 0.5) is 0 Å². The van der Waals surface area contributed by atoms with Crippen LogP contribution in [0.25, 0.3) is 0 Å². The third kappa shape index (κ3) is 8.40. The van der Waals surface area contributed by atoms with Gasteiger partial charge in [0.25, 0.3) is 0 Å². The molecule has 7 nitrogen and oxygen atoms in total. The Morgan fingerprint density at radius 1 is 1.00 bits per heavy atom. The monoisotopic (exact) mass is 544 g/mol. The average molecular weight is 546 g/mol. The third-order valence-electron chi connectivity index (χ3n) is 5.82. The van der Waals surface area contributed by atoms with Gasteiger partial charge in [0.1, 0.15) is 0 Å². The summed E-state index contributed by atoms with van der Waals surface area (Å²) in [6.07, 6.45) is 0.409. The van der Waals surface area contributed by atoms with Gasteiger partial charge in [-0.25, -0.2) is 8.42 Å². The Balaban J connectivity index is 1.54. The number of ether oxygens (including phenoxy) is 3. The predicted octanol–water partition coefficient (Wildman–Crippen LogP) is 3.74. The maximum Gasteiger partial charge on any atom is 0.178 e. The van der Waals surface area contributed by atoms with Crippen molar-refractivity contribution in [2.24, 2.45) is 5.73 Å². The molecule has 2 aromatic rings. The molecule has 0 saturated carbocycles. The lowest BCUT2D eigenvalue weighted by molar-refractivity contribution is 0.0162. The number of fused-ring (bicyclic) bond motifs is 1. The van der Waals surface area contributed by atoms with Crippen LogP contribution in [0.2, 0.25) is 10.0 Å². The van der Waals surface area contributed by atoms with Crippen molar-refractivity contribution in [1.29, 1.82) is 0 Å². The molecule has 0 aromatic heterocycles. The number of halogens is 2. The molecule has 0 saturated heterocycles. The maximum atomic E-state index is 13.0. The van der Waals surface area contributed by atoms with E-state index in [4.69, 9.17) is 43.1 Å². The van der Waals surface area contributed by atoms with Gasteiger partial charge in [0.05, 0.1) is 43.7 Å². The second-order valence-electron chi connectivity index (χ2n) is 8.58. The van der Waals surface area contributed by atoms with E-state index >= 15 is 0 Å². The number of nitrogens with zero attached hydrogens (tertiary/aromatic N) is 1. The van der Waals surface area contributed by atoms with Gasteiger partial charge in [-0.05, 0) is 54.4 Å². The summed E-state index contributed by atoms with van der Waals surface area (Å²) in [7, 11) is -1.41. The minimum absolute atomic E-state index is 0.0147. The van der Waals surface area contributed by atoms with Crippen molar-refractivity contribution in [3.63, 3.8) is 0 Å². The number of benzene rings is 2. The largest absolute Gasteiger partial charge is 0.379 e. The molecule has 2 aromatic carbocycles. The summed E-state index contributed by atoms with van der Waals surface area (Å²) in [6.45, 7) is 4.67. The summed E-state index contributed by atoms with van der Waals surface area (Å²) in [5.41, 5.74) is 8.36. The van der Waals surface area contributed by atoms with Crippen molar-refractivity contribution in [3.8, 4) is 0 Å². The normalized spacial score (nSPS) is 16.4. The number of rotatable bonds is 14. The van der Waals surface area contributed by atoms with E-state index in [1.807, 2.05) is 19.2 Å². The number of sulfone groups is 1. The molecule has 10 heteroatoms. The topological polar surface area (TPSA) is 91.1 Å². The Kier molecular flexibility index (Phi) is 11.3. The number of hydrogen-bond acceptors (Lipinski definition) is 7. The fourth-order valence-corrected chi connectivity index (χ4v) is 6.05. The van der Waals surface area contributed by atoms with Crippen LogP contribution in [-0.4, -0.2) is 78.8 Å². The van der Waals surface area contributed by atoms with Crippen molar-refractivity contribution >= 4 is 33.0 Å². The second-order valence-corrected chi connectivity index (χ2v) is 11.5. The first-order valence-corrected chi connectivity index (χ1v) is 14.1. The van der Waals surface area contributed by atoms with Crippen molar-refractivity contribution in [3.05, 3.63) is 63.1 Å². The van der Waals surface area contributed by atoms with Gasteiger partial charge < -0.3 is 24.8 Å². The van der Waals surface area contributed by atoms with Gasteiger partial charge >= 0.3 is 0 Å². The minimum Gasteiger partial charge on any atom is -0.379 e. The molecule has 194 valence electrons. The Morgan fingerprint density at radius 2 is 1.69 bits per heavy atom. The highest BCUT2D eigenvalue weighted by atomic mass is 35.5. The lowest BCUT2D eigenvalue weighted by Gasteiger charge is -2.33. The van der Waals surface area contributed by atoms with Crippen LogP contribution in [0, 0.1) is 0 Å². The van der Waals surface area contributed by atoms with Gasteiger partial charge in [0.15, 0.2) is 9.84 Å². The Bertz CT molecular complexity index is 1070. The summed E-state index contributed by atoms with van der Waals surface area (Å²) in [5, 5.41) is 1.22. The SMILES string of the molecule is CN1Cc2c(Cl)cc(Cl)cc2[C@@H](c2cccc(S(=O)(=O)CCCOCCOCCOCCN)c2)C1. The highest BCUT2D eigenvalue weighted by Gasteiger charge is 2.28. The predicted molar refractivity (Wildman–Crippen MR) is 139 cm³/mol. The zero-order valence-corrected chi connectivity index (χ0v) is 22.4. The van der Waals surface area contributed by atoms with E-state index < -0.39 is 9.84 Å². The first kappa shape index (κ1) is 28.3. The van der Waals surface area contributed by atoms with Crippen LogP contribution in [0.1, 0.15) is 29.0 Å². The quantitative estimate of drug-likeness (QED) is 0.362. The second kappa shape index (κ2) is 13.9. The lowest BCUT2D eigenvalue weighted by Crippen LogP contribution is -2.31. The number of hydrogen-bond donors (Lipinski definition) is 1. The van der Waals surface area contributed by atoms with Gasteiger partial charge in [-0.15, -0.1) is 0 Å². The van der Waals surface area contributed by atoms with Crippen LogP contribution < -0.4 is 5.73 Å². The lowest BCUT2D eigenvalue weighted by atomic mass is 9.85. The summed E-state index contributed by atoms with van der Waals surface area (Å²) < 4.78 is 42.1. The van der Waals surface area contributed by atoms with Crippen LogP contribution in [0.3, 0.4) is 0 Å². The van der Waals surface area contributed by atoms with Crippen molar-refractivity contribution in [1.82, 2.24) is 4.90 Å². The molecule has 0 aliphatic carbocycles. The average Bonchev–Trinajstić information content (AvgIpc) is 2.82. The molecule has 1 aliphatic heterocycles. The summed E-state index contributed by atoms with van der Waals surface area (Å²) >= 11 is 12.8. The molecule has 1 heterocycles. The first-order chi connectivity index (χ1) is 16.8. The summed E-state index contributed by atoms with van der Waals surface area (Å²) in [6, 6.07) is 10.9. The maximum absolute atomic E-state index is 13.0. The van der Waals surface area contributed by atoms with Gasteiger partial charge in [-0.1, -0.05) is 35.3 Å². The zero-order chi connectivity index (χ0) is 25.3. The van der Waals surface area contributed by atoms with Crippen molar-refractivity contribution in [2.75, 3.05) is 65.5 Å². The van der Waals surface area contributed by atoms with E-state index in [2.05, 4.69) is 4.90 Å². The van der Waals surface area contributed by atoms with Crippen molar-refractivity contribution < 1.29 is 22.6 Å². The van der Waals surface area contributed by atoms with E-state index in [9.17, 15) is 8.42 Å². The summed E-state index contributed by atoms with van der Waals surface area (Å²) in [4.78, 5) is 2.50. The Hall–Kier alpha value is -1.23. The number of nitrogens with two attached hydrogens (primary N) is 1. The van der Waals surface area contributed by atoms with Gasteiger partial charge in [-0.3, -0.25) is 0 Å². The molecule has 0 fully saturated rings. The highest BCUT2D eigenvalue weighted by Crippen LogP contribution is 2.38. The Morgan fingerprint density at radius 3 is 2.40 bits per heavy atom. The third-order valence-corrected chi connectivity index (χ3v) is 8.17. The van der Waals surface area contributed by atoms with Gasteiger partial charge in [0.2, 0.25) is 0 Å². The summed E-state index contributed by atoms with van der Waals surface area (Å²) in [5.74, 6) is 0.00223. The molecule has 35 heavy (non-hydrogen) atoms. The molecule has 0 spiro atoms. The Labute approximate surface area is 218 Å². The fraction of sp³-hybridized carbons (Fsp3) is 0.520. The van der Waals surface area contributed by atoms with E-state index in [0.717, 1.165) is 29.8 Å². The molecule has 0 amide bonds. The van der Waals surface area contributed by atoms with Crippen LogP contribution in [0.5, 0.6) is 0 Å².